The van der Waals surface area contributed by atoms with E-state index >= 15 is 0 Å². The fourth-order valence-electron chi connectivity index (χ4n) is 0.544. The van der Waals surface area contributed by atoms with E-state index in [0.29, 0.717) is 0 Å². The summed E-state index contributed by atoms with van der Waals surface area (Å²) in [6.07, 6.45) is 0. The number of benzene rings is 1. The molecule has 0 aliphatic carbocycles. The fourth-order valence-corrected chi connectivity index (χ4v) is 0.544. The highest BCUT2D eigenvalue weighted by atomic mass is 19.2. The molecule has 0 N–H and O–H groups in total. The molecule has 0 atom stereocenters. The average Bonchev–Trinajstić information content (AvgIpc) is 2.15. The van der Waals surface area contributed by atoms with Crippen LogP contribution in [-0.2, 0) is 4.79 Å². The van der Waals surface area contributed by atoms with Crippen molar-refractivity contribution < 1.29 is 26.7 Å². The smallest absolute Gasteiger partial charge is 0.200 e. The van der Waals surface area contributed by atoms with Crippen LogP contribution >= 0.6 is 0 Å². The number of carbonyl (C=O) groups excluding carboxylic acids is 1. The highest BCUT2D eigenvalue weighted by Crippen LogP contribution is 2.16. The van der Waals surface area contributed by atoms with E-state index in [-0.39, 0.29) is 6.07 Å². The second kappa shape index (κ2) is 4.54. The third-order valence-electron chi connectivity index (χ3n) is 1.06. The van der Waals surface area contributed by atoms with E-state index in [1.807, 2.05) is 6.79 Å². The van der Waals surface area contributed by atoms with Crippen LogP contribution in [0.4, 0.5) is 22.0 Å². The Labute approximate surface area is 69.8 Å². The maximum absolute atomic E-state index is 12.0. The first kappa shape index (κ1) is 11.5. The number of halogens is 5. The lowest BCUT2D eigenvalue weighted by molar-refractivity contribution is -0.0979. The zero-order valence-corrected chi connectivity index (χ0v) is 6.08. The van der Waals surface area contributed by atoms with Gasteiger partial charge in [-0.1, -0.05) is 0 Å². The number of hydrogen-bond acceptors (Lipinski definition) is 1. The predicted octanol–water partition coefficient (Wildman–Crippen LogP) is 2.20. The Hall–Kier alpha value is -1.46. The van der Waals surface area contributed by atoms with Gasteiger partial charge in [0.2, 0.25) is 5.82 Å². The lowest BCUT2D eigenvalue weighted by Gasteiger charge is -1.96. The molecule has 0 spiro atoms. The third-order valence-corrected chi connectivity index (χ3v) is 1.06. The molecule has 0 heterocycles. The van der Waals surface area contributed by atoms with Gasteiger partial charge < -0.3 is 4.79 Å². The summed E-state index contributed by atoms with van der Waals surface area (Å²) < 4.78 is 60.0. The van der Waals surface area contributed by atoms with Crippen molar-refractivity contribution in [2.24, 2.45) is 0 Å². The summed E-state index contributed by atoms with van der Waals surface area (Å²) in [7, 11) is 0. The van der Waals surface area contributed by atoms with Crippen LogP contribution < -0.4 is 0 Å². The van der Waals surface area contributed by atoms with E-state index in [4.69, 9.17) is 4.79 Å². The van der Waals surface area contributed by atoms with E-state index in [1.165, 1.54) is 0 Å². The van der Waals surface area contributed by atoms with Crippen molar-refractivity contribution in [2.75, 3.05) is 0 Å². The first-order chi connectivity index (χ1) is 6.04. The maximum atomic E-state index is 12.0. The Morgan fingerprint density at radius 1 is 0.769 bits per heavy atom. The van der Waals surface area contributed by atoms with Crippen LogP contribution in [-0.4, -0.2) is 6.79 Å². The van der Waals surface area contributed by atoms with E-state index < -0.39 is 29.1 Å². The van der Waals surface area contributed by atoms with Gasteiger partial charge in [0.1, 0.15) is 6.79 Å². The van der Waals surface area contributed by atoms with Gasteiger partial charge in [0.25, 0.3) is 0 Å². The van der Waals surface area contributed by atoms with Gasteiger partial charge in [-0.3, -0.25) is 0 Å². The molecule has 0 unspecified atom stereocenters. The van der Waals surface area contributed by atoms with Gasteiger partial charge in [0.05, 0.1) is 0 Å². The van der Waals surface area contributed by atoms with E-state index in [2.05, 4.69) is 0 Å². The minimum Gasteiger partial charge on any atom is -0.307 e. The Kier molecular flexibility index (Phi) is 4.03. The molecule has 0 fully saturated rings. The molecule has 0 saturated carbocycles. The molecule has 1 rings (SSSR count). The van der Waals surface area contributed by atoms with Crippen LogP contribution in [0.5, 0.6) is 0 Å². The molecular weight excluding hydrogens is 195 g/mol. The monoisotopic (exact) mass is 198 g/mol. The fraction of sp³-hybridized carbons (Fsp3) is 0. The van der Waals surface area contributed by atoms with E-state index in [0.717, 1.165) is 0 Å². The zero-order valence-electron chi connectivity index (χ0n) is 6.08. The number of rotatable bonds is 0. The molecule has 1 nitrogen and oxygen atoms in total. The standard InChI is InChI=1S/C6HF5.CH2O/c7-2-1-3(8)5(10)6(11)4(2)9;1-2/h1H;1H2. The van der Waals surface area contributed by atoms with Crippen molar-refractivity contribution in [3.05, 3.63) is 35.2 Å². The van der Waals surface area contributed by atoms with Crippen molar-refractivity contribution >= 4 is 6.79 Å². The van der Waals surface area contributed by atoms with Crippen LogP contribution in [0.1, 0.15) is 0 Å². The summed E-state index contributed by atoms with van der Waals surface area (Å²) in [6, 6.07) is -0.0618. The van der Waals surface area contributed by atoms with E-state index in [9.17, 15) is 22.0 Å². The largest absolute Gasteiger partial charge is 0.307 e. The van der Waals surface area contributed by atoms with Crippen molar-refractivity contribution in [1.82, 2.24) is 0 Å². The molecule has 0 aromatic heterocycles. The first-order valence-electron chi connectivity index (χ1n) is 2.81. The van der Waals surface area contributed by atoms with Crippen molar-refractivity contribution in [2.45, 2.75) is 0 Å². The zero-order chi connectivity index (χ0) is 10.6. The predicted molar refractivity (Wildman–Crippen MR) is 33.4 cm³/mol. The normalized spacial score (nSPS) is 9.00. The van der Waals surface area contributed by atoms with Gasteiger partial charge in [-0.05, 0) is 0 Å². The SMILES string of the molecule is C=O.Fc1cc(F)c(F)c(F)c1F. The second-order valence-corrected chi connectivity index (χ2v) is 1.78. The van der Waals surface area contributed by atoms with Gasteiger partial charge in [-0.15, -0.1) is 0 Å². The molecule has 72 valence electrons. The van der Waals surface area contributed by atoms with Crippen LogP contribution in [0.15, 0.2) is 6.07 Å². The third kappa shape index (κ3) is 2.24. The van der Waals surface area contributed by atoms with Gasteiger partial charge in [-0.2, -0.15) is 0 Å². The summed E-state index contributed by atoms with van der Waals surface area (Å²) in [5.74, 6) is -9.65. The average molecular weight is 198 g/mol. The Balaban J connectivity index is 0.000000671. The molecule has 0 amide bonds. The molecule has 1 aromatic carbocycles. The lowest BCUT2D eigenvalue weighted by atomic mass is 10.3. The molecule has 0 bridgehead atoms. The minimum atomic E-state index is -2.14. The molecule has 0 aliphatic rings. The Morgan fingerprint density at radius 3 is 1.38 bits per heavy atom. The summed E-state index contributed by atoms with van der Waals surface area (Å²) in [6.45, 7) is 2.00. The summed E-state index contributed by atoms with van der Waals surface area (Å²) in [5, 5.41) is 0. The maximum Gasteiger partial charge on any atom is 0.200 e. The minimum absolute atomic E-state index is 0.0618. The second-order valence-electron chi connectivity index (χ2n) is 1.78. The molecule has 0 saturated heterocycles. The Morgan fingerprint density at radius 2 is 1.08 bits per heavy atom. The first-order valence-corrected chi connectivity index (χ1v) is 2.81. The van der Waals surface area contributed by atoms with Crippen molar-refractivity contribution in [3.8, 4) is 0 Å². The molecule has 13 heavy (non-hydrogen) atoms. The van der Waals surface area contributed by atoms with Gasteiger partial charge in [-0.25, -0.2) is 22.0 Å². The Bertz CT molecular complexity index is 286. The van der Waals surface area contributed by atoms with Crippen LogP contribution in [0.25, 0.3) is 0 Å². The quantitative estimate of drug-likeness (QED) is 0.355. The topological polar surface area (TPSA) is 17.1 Å². The summed E-state index contributed by atoms with van der Waals surface area (Å²) in [4.78, 5) is 8.00. The van der Waals surface area contributed by atoms with Gasteiger partial charge in [0, 0.05) is 6.07 Å². The van der Waals surface area contributed by atoms with Crippen molar-refractivity contribution in [1.29, 1.82) is 0 Å². The van der Waals surface area contributed by atoms with Crippen LogP contribution in [0.2, 0.25) is 0 Å². The summed E-state index contributed by atoms with van der Waals surface area (Å²) >= 11 is 0. The number of carbonyl (C=O) groups is 1. The highest BCUT2D eigenvalue weighted by Gasteiger charge is 2.18. The molecular formula is C7H3F5O. The molecule has 0 radical (unpaired) electrons. The highest BCUT2D eigenvalue weighted by molar-refractivity contribution is 5.12. The molecule has 1 aromatic rings. The molecule has 6 heteroatoms. The lowest BCUT2D eigenvalue weighted by Crippen LogP contribution is -1.98. The van der Waals surface area contributed by atoms with Gasteiger partial charge in [0.15, 0.2) is 23.3 Å². The van der Waals surface area contributed by atoms with Crippen molar-refractivity contribution in [3.63, 3.8) is 0 Å². The molecule has 0 aliphatic heterocycles. The summed E-state index contributed by atoms with van der Waals surface area (Å²) in [5.41, 5.74) is 0. The van der Waals surface area contributed by atoms with Gasteiger partial charge >= 0.3 is 0 Å². The number of hydrogen-bond donors (Lipinski definition) is 0. The van der Waals surface area contributed by atoms with Crippen LogP contribution in [0, 0.1) is 29.1 Å². The van der Waals surface area contributed by atoms with Crippen LogP contribution in [0.3, 0.4) is 0 Å². The van der Waals surface area contributed by atoms with E-state index in [1.54, 1.807) is 0 Å².